The maximum Gasteiger partial charge on any atom is 0.326 e. The molecule has 0 aromatic heterocycles. The second-order valence-electron chi connectivity index (χ2n) is 11.0. The first-order chi connectivity index (χ1) is 20.5. The molecule has 2 heterocycles. The summed E-state index contributed by atoms with van der Waals surface area (Å²) in [6, 6.07) is -0.0115. The van der Waals surface area contributed by atoms with Crippen LogP contribution >= 0.6 is 0 Å². The lowest BCUT2D eigenvalue weighted by Gasteiger charge is -2.30. The molecule has 4 amide bonds. The third-order valence-corrected chi connectivity index (χ3v) is 7.78. The average Bonchev–Trinajstić information content (AvgIpc) is 3.63. The summed E-state index contributed by atoms with van der Waals surface area (Å²) in [5.74, 6) is -4.07. The van der Waals surface area contributed by atoms with Gasteiger partial charge in [0.1, 0.15) is 29.9 Å². The molecule has 2 aliphatic heterocycles. The molecule has 0 unspecified atom stereocenters. The van der Waals surface area contributed by atoms with Gasteiger partial charge in [0.2, 0.25) is 23.6 Å². The minimum Gasteiger partial charge on any atom is -0.508 e. The van der Waals surface area contributed by atoms with Crippen molar-refractivity contribution < 1.29 is 44.4 Å². The number of carboxylic acid groups (broad SMARTS) is 1. The monoisotopic (exact) mass is 606 g/mol. The number of benzene rings is 1. The number of aliphatic hydroxyl groups is 2. The van der Waals surface area contributed by atoms with Crippen LogP contribution in [0.4, 0.5) is 0 Å². The number of β-amino-alcohol motifs (C(OH)–C–C–N with tert-alkyl or cyclic N) is 1. The number of hydrogen-bond donors (Lipinski definition) is 8. The fourth-order valence-corrected chi connectivity index (χ4v) is 5.44. The second kappa shape index (κ2) is 15.6. The molecule has 0 saturated carbocycles. The number of nitrogens with one attached hydrogen (secondary N) is 2. The Kier molecular flexibility index (Phi) is 12.2. The molecule has 3 rings (SSSR count). The summed E-state index contributed by atoms with van der Waals surface area (Å²) in [5, 5.41) is 44.2. The minimum atomic E-state index is -1.49. The van der Waals surface area contributed by atoms with Crippen molar-refractivity contribution in [2.75, 3.05) is 26.2 Å². The number of nitrogens with zero attached hydrogens (tertiary/aromatic N) is 2. The summed E-state index contributed by atoms with van der Waals surface area (Å²) >= 11 is 0. The summed E-state index contributed by atoms with van der Waals surface area (Å²) < 4.78 is 0. The molecule has 0 bridgehead atoms. The third-order valence-electron chi connectivity index (χ3n) is 7.78. The van der Waals surface area contributed by atoms with Gasteiger partial charge in [0.15, 0.2) is 0 Å². The number of aliphatic carboxylic acids is 1. The van der Waals surface area contributed by atoms with Gasteiger partial charge in [-0.25, -0.2) is 4.79 Å². The van der Waals surface area contributed by atoms with Crippen molar-refractivity contribution in [2.45, 2.75) is 81.3 Å². The first kappa shape index (κ1) is 33.7. The van der Waals surface area contributed by atoms with Crippen molar-refractivity contribution in [1.29, 1.82) is 0 Å². The average molecular weight is 607 g/mol. The Bertz CT molecular complexity index is 1150. The van der Waals surface area contributed by atoms with Crippen LogP contribution in [-0.2, 0) is 30.4 Å². The van der Waals surface area contributed by atoms with Crippen LogP contribution in [0, 0.1) is 0 Å². The molecule has 2 fully saturated rings. The largest absolute Gasteiger partial charge is 0.508 e. The SMILES string of the molecule is NCCCC[C@H](N)C(=O)N1CCC[C@H]1C(=O)N[C@@H](CO)C(=O)N[C@@H](Cc1ccc(O)cc1)C(=O)N1C[C@H](O)C[C@H]1C(=O)O. The maximum absolute atomic E-state index is 13.5. The number of aromatic hydroxyl groups is 1. The standard InChI is InChI=1S/C28H42N6O9/c29-10-2-1-4-19(30)26(40)33-11-3-5-22(33)25(39)32-21(15-35)24(38)31-20(12-16-6-8-17(36)9-7-16)27(41)34-14-18(37)13-23(34)28(42)43/h6-9,18-23,35-37H,1-5,10-15,29-30H2,(H,31,38)(H,32,39)(H,42,43)/t18-,19+,20+,21+,22+,23+/m1/s1. The van der Waals surface area contributed by atoms with Crippen LogP contribution in [0.15, 0.2) is 24.3 Å². The van der Waals surface area contributed by atoms with E-state index in [0.29, 0.717) is 50.8 Å². The van der Waals surface area contributed by atoms with Gasteiger partial charge in [0, 0.05) is 25.9 Å². The summed E-state index contributed by atoms with van der Waals surface area (Å²) in [6.45, 7) is -0.288. The lowest BCUT2D eigenvalue weighted by Crippen LogP contribution is -2.59. The molecule has 10 N–H and O–H groups in total. The molecular formula is C28H42N6O9. The molecule has 15 heteroatoms. The van der Waals surface area contributed by atoms with Crippen molar-refractivity contribution in [3.05, 3.63) is 29.8 Å². The van der Waals surface area contributed by atoms with Gasteiger partial charge in [0.25, 0.3) is 0 Å². The van der Waals surface area contributed by atoms with Gasteiger partial charge in [-0.1, -0.05) is 18.6 Å². The van der Waals surface area contributed by atoms with Crippen molar-refractivity contribution in [3.63, 3.8) is 0 Å². The van der Waals surface area contributed by atoms with E-state index in [9.17, 15) is 44.4 Å². The number of phenolic OH excluding ortho intramolecular Hbond substituents is 1. The number of aliphatic hydroxyl groups excluding tert-OH is 2. The zero-order valence-electron chi connectivity index (χ0n) is 23.9. The normalized spacial score (nSPS) is 22.1. The Labute approximate surface area is 249 Å². The van der Waals surface area contributed by atoms with E-state index in [0.717, 1.165) is 4.90 Å². The Morgan fingerprint density at radius 2 is 1.67 bits per heavy atom. The minimum absolute atomic E-state index is 0.0247. The maximum atomic E-state index is 13.5. The fraction of sp³-hybridized carbons (Fsp3) is 0.607. The molecule has 1 aromatic rings. The molecule has 1 aromatic carbocycles. The van der Waals surface area contributed by atoms with Crippen LogP contribution in [0.1, 0.15) is 44.1 Å². The van der Waals surface area contributed by atoms with Gasteiger partial charge >= 0.3 is 5.97 Å². The van der Waals surface area contributed by atoms with Crippen LogP contribution in [0.25, 0.3) is 0 Å². The first-order valence-corrected chi connectivity index (χ1v) is 14.4. The van der Waals surface area contributed by atoms with E-state index >= 15 is 0 Å². The number of carbonyl (C=O) groups excluding carboxylic acids is 4. The van der Waals surface area contributed by atoms with Gasteiger partial charge in [-0.3, -0.25) is 19.2 Å². The molecule has 2 saturated heterocycles. The first-order valence-electron chi connectivity index (χ1n) is 14.4. The van der Waals surface area contributed by atoms with Crippen LogP contribution in [0.2, 0.25) is 0 Å². The van der Waals surface area contributed by atoms with E-state index in [1.54, 1.807) is 0 Å². The van der Waals surface area contributed by atoms with E-state index < -0.39 is 66.6 Å². The van der Waals surface area contributed by atoms with E-state index in [1.807, 2.05) is 0 Å². The predicted molar refractivity (Wildman–Crippen MR) is 152 cm³/mol. The van der Waals surface area contributed by atoms with Gasteiger partial charge in [0.05, 0.1) is 18.8 Å². The van der Waals surface area contributed by atoms with Crippen molar-refractivity contribution in [3.8, 4) is 5.75 Å². The van der Waals surface area contributed by atoms with Crippen LogP contribution in [0.5, 0.6) is 5.75 Å². The van der Waals surface area contributed by atoms with Crippen molar-refractivity contribution >= 4 is 29.6 Å². The number of likely N-dealkylation sites (tertiary alicyclic amines) is 2. The number of nitrogens with two attached hydrogens (primary N) is 2. The Morgan fingerprint density at radius 3 is 2.30 bits per heavy atom. The molecule has 0 radical (unpaired) electrons. The highest BCUT2D eigenvalue weighted by atomic mass is 16.4. The van der Waals surface area contributed by atoms with Gasteiger partial charge in [-0.2, -0.15) is 0 Å². The number of carbonyl (C=O) groups is 5. The highest BCUT2D eigenvalue weighted by molar-refractivity contribution is 5.96. The number of amides is 4. The number of carboxylic acids is 1. The van der Waals surface area contributed by atoms with E-state index in [4.69, 9.17) is 11.5 Å². The molecule has 15 nitrogen and oxygen atoms in total. The van der Waals surface area contributed by atoms with E-state index in [2.05, 4.69) is 10.6 Å². The highest BCUT2D eigenvalue weighted by Crippen LogP contribution is 2.22. The predicted octanol–water partition coefficient (Wildman–Crippen LogP) is -2.61. The zero-order chi connectivity index (χ0) is 31.7. The summed E-state index contributed by atoms with van der Waals surface area (Å²) in [5.41, 5.74) is 12.1. The van der Waals surface area contributed by atoms with Gasteiger partial charge in [-0.15, -0.1) is 0 Å². The second-order valence-corrected chi connectivity index (χ2v) is 11.0. The molecule has 43 heavy (non-hydrogen) atoms. The summed E-state index contributed by atoms with van der Waals surface area (Å²) in [4.78, 5) is 67.0. The Balaban J connectivity index is 1.73. The molecule has 6 atom stereocenters. The van der Waals surface area contributed by atoms with E-state index in [1.165, 1.54) is 29.2 Å². The van der Waals surface area contributed by atoms with Gasteiger partial charge < -0.3 is 52.3 Å². The summed E-state index contributed by atoms with van der Waals surface area (Å²) in [6.07, 6.45) is 1.32. The fourth-order valence-electron chi connectivity index (χ4n) is 5.44. The van der Waals surface area contributed by atoms with Crippen LogP contribution in [0.3, 0.4) is 0 Å². The Morgan fingerprint density at radius 1 is 0.977 bits per heavy atom. The number of rotatable bonds is 14. The zero-order valence-corrected chi connectivity index (χ0v) is 23.9. The van der Waals surface area contributed by atoms with Gasteiger partial charge in [-0.05, 0) is 49.9 Å². The number of phenols is 1. The molecule has 0 spiro atoms. The number of unbranched alkanes of at least 4 members (excludes halogenated alkanes) is 1. The molecular weight excluding hydrogens is 564 g/mol. The van der Waals surface area contributed by atoms with Crippen LogP contribution in [-0.4, -0.2) is 122 Å². The smallest absolute Gasteiger partial charge is 0.326 e. The molecule has 238 valence electrons. The third kappa shape index (κ3) is 8.86. The topological polar surface area (TPSA) is 249 Å². The quantitative estimate of drug-likeness (QED) is 0.102. The lowest BCUT2D eigenvalue weighted by molar-refractivity contribution is -0.149. The Hall–Kier alpha value is -3.79. The highest BCUT2D eigenvalue weighted by Gasteiger charge is 2.42. The van der Waals surface area contributed by atoms with Crippen molar-refractivity contribution in [2.24, 2.45) is 11.5 Å². The summed E-state index contributed by atoms with van der Waals surface area (Å²) in [7, 11) is 0. The van der Waals surface area contributed by atoms with Crippen molar-refractivity contribution in [1.82, 2.24) is 20.4 Å². The van der Waals surface area contributed by atoms with E-state index in [-0.39, 0.29) is 31.0 Å². The number of hydrogen-bond acceptors (Lipinski definition) is 10. The molecule has 0 aliphatic carbocycles. The van der Waals surface area contributed by atoms with Crippen LogP contribution < -0.4 is 22.1 Å². The molecule has 2 aliphatic rings. The lowest BCUT2D eigenvalue weighted by atomic mass is 10.0.